The number of aromatic hydroxyl groups is 1. The van der Waals surface area contributed by atoms with Crippen LogP contribution in [0.15, 0.2) is 30.3 Å². The Balaban J connectivity index is 1.79. The topological polar surface area (TPSA) is 69.6 Å². The van der Waals surface area contributed by atoms with Crippen molar-refractivity contribution in [2.75, 3.05) is 13.2 Å². The van der Waals surface area contributed by atoms with Gasteiger partial charge in [0.2, 0.25) is 5.91 Å². The van der Waals surface area contributed by atoms with Gasteiger partial charge in [-0.2, -0.15) is 0 Å². The van der Waals surface area contributed by atoms with Gasteiger partial charge in [0, 0.05) is 19.2 Å². The Morgan fingerprint density at radius 3 is 2.65 bits per heavy atom. The number of phenols is 1. The minimum absolute atomic E-state index is 0.123. The van der Waals surface area contributed by atoms with Crippen molar-refractivity contribution < 1.29 is 15.0 Å². The minimum atomic E-state index is -0.123. The third-order valence-electron chi connectivity index (χ3n) is 3.91. The maximum Gasteiger partial charge on any atom is 0.244 e. The van der Waals surface area contributed by atoms with Crippen LogP contribution in [0.2, 0.25) is 0 Å². The second-order valence-electron chi connectivity index (χ2n) is 5.30. The summed E-state index contributed by atoms with van der Waals surface area (Å²) in [6, 6.07) is 6.67. The van der Waals surface area contributed by atoms with Gasteiger partial charge in [-0.25, -0.2) is 0 Å². The van der Waals surface area contributed by atoms with Crippen LogP contribution in [-0.4, -0.2) is 29.3 Å². The largest absolute Gasteiger partial charge is 0.508 e. The first-order valence-electron chi connectivity index (χ1n) is 7.05. The van der Waals surface area contributed by atoms with Crippen LogP contribution in [0.5, 0.6) is 5.75 Å². The summed E-state index contributed by atoms with van der Waals surface area (Å²) < 4.78 is 0. The van der Waals surface area contributed by atoms with Gasteiger partial charge in [-0.1, -0.05) is 18.6 Å². The number of carbonyl (C=O) groups is 1. The molecule has 1 aromatic rings. The number of benzene rings is 1. The third kappa shape index (κ3) is 4.10. The average molecular weight is 275 g/mol. The molecule has 1 saturated carbocycles. The highest BCUT2D eigenvalue weighted by atomic mass is 16.3. The first kappa shape index (κ1) is 14.6. The van der Waals surface area contributed by atoms with Crippen molar-refractivity contribution in [2.24, 2.45) is 11.8 Å². The Morgan fingerprint density at radius 2 is 1.95 bits per heavy atom. The Kier molecular flexibility index (Phi) is 5.18. The Bertz CT molecular complexity index is 467. The van der Waals surface area contributed by atoms with Crippen LogP contribution in [-0.2, 0) is 4.79 Å². The number of carbonyl (C=O) groups excluding carboxylic acids is 1. The zero-order valence-electron chi connectivity index (χ0n) is 11.5. The van der Waals surface area contributed by atoms with Crippen molar-refractivity contribution in [1.29, 1.82) is 0 Å². The second-order valence-corrected chi connectivity index (χ2v) is 5.30. The molecule has 20 heavy (non-hydrogen) atoms. The van der Waals surface area contributed by atoms with Crippen LogP contribution >= 0.6 is 0 Å². The zero-order chi connectivity index (χ0) is 14.4. The molecule has 2 unspecified atom stereocenters. The van der Waals surface area contributed by atoms with Gasteiger partial charge >= 0.3 is 0 Å². The number of phenolic OH excluding ortho intramolecular Hbond substituents is 1. The van der Waals surface area contributed by atoms with Gasteiger partial charge in [-0.15, -0.1) is 0 Å². The number of hydrogen-bond donors (Lipinski definition) is 3. The van der Waals surface area contributed by atoms with E-state index in [4.69, 9.17) is 5.11 Å². The van der Waals surface area contributed by atoms with Gasteiger partial charge in [0.1, 0.15) is 5.75 Å². The molecule has 0 saturated heterocycles. The van der Waals surface area contributed by atoms with Gasteiger partial charge in [0.05, 0.1) is 0 Å². The number of nitrogens with one attached hydrogen (secondary N) is 1. The lowest BCUT2D eigenvalue weighted by Crippen LogP contribution is -2.30. The summed E-state index contributed by atoms with van der Waals surface area (Å²) in [5.41, 5.74) is 0.868. The van der Waals surface area contributed by atoms with Crippen molar-refractivity contribution in [3.8, 4) is 5.75 Å². The van der Waals surface area contributed by atoms with E-state index in [0.29, 0.717) is 18.4 Å². The summed E-state index contributed by atoms with van der Waals surface area (Å²) in [4.78, 5) is 11.7. The van der Waals surface area contributed by atoms with Crippen LogP contribution in [0, 0.1) is 11.8 Å². The van der Waals surface area contributed by atoms with Crippen LogP contribution < -0.4 is 5.32 Å². The molecule has 0 spiro atoms. The summed E-state index contributed by atoms with van der Waals surface area (Å²) in [5.74, 6) is 0.812. The van der Waals surface area contributed by atoms with E-state index in [1.165, 1.54) is 6.08 Å². The number of aliphatic hydroxyl groups is 1. The fourth-order valence-electron chi connectivity index (χ4n) is 2.67. The molecule has 0 heterocycles. The molecule has 0 radical (unpaired) electrons. The molecule has 1 fully saturated rings. The normalized spacial score (nSPS) is 22.2. The SMILES string of the molecule is O=C(C=Cc1ccc(O)cc1)NCC1CCCC1CO. The summed E-state index contributed by atoms with van der Waals surface area (Å²) in [7, 11) is 0. The number of amides is 1. The second kappa shape index (κ2) is 7.10. The third-order valence-corrected chi connectivity index (χ3v) is 3.91. The molecule has 2 rings (SSSR count). The number of hydrogen-bond acceptors (Lipinski definition) is 3. The Hall–Kier alpha value is -1.81. The minimum Gasteiger partial charge on any atom is -0.508 e. The van der Waals surface area contributed by atoms with Gasteiger partial charge < -0.3 is 15.5 Å². The lowest BCUT2D eigenvalue weighted by molar-refractivity contribution is -0.116. The molecule has 0 aliphatic heterocycles. The van der Waals surface area contributed by atoms with Gasteiger partial charge in [0.15, 0.2) is 0 Å². The van der Waals surface area contributed by atoms with Gasteiger partial charge in [-0.3, -0.25) is 4.79 Å². The first-order chi connectivity index (χ1) is 9.69. The highest BCUT2D eigenvalue weighted by Gasteiger charge is 2.26. The maximum absolute atomic E-state index is 11.7. The summed E-state index contributed by atoms with van der Waals surface area (Å²) >= 11 is 0. The quantitative estimate of drug-likeness (QED) is 0.719. The van der Waals surface area contributed by atoms with E-state index in [2.05, 4.69) is 5.32 Å². The molecule has 4 nitrogen and oxygen atoms in total. The standard InChI is InChI=1S/C16H21NO3/c18-11-14-3-1-2-13(14)10-17-16(20)9-6-12-4-7-15(19)8-5-12/h4-9,13-14,18-19H,1-3,10-11H2,(H,17,20). The fourth-order valence-corrected chi connectivity index (χ4v) is 2.67. The van der Waals surface area contributed by atoms with Gasteiger partial charge in [0.25, 0.3) is 0 Å². The van der Waals surface area contributed by atoms with E-state index in [1.807, 2.05) is 0 Å². The monoisotopic (exact) mass is 275 g/mol. The predicted molar refractivity (Wildman–Crippen MR) is 78.1 cm³/mol. The molecule has 1 aliphatic rings. The first-order valence-corrected chi connectivity index (χ1v) is 7.05. The molecule has 3 N–H and O–H groups in total. The van der Waals surface area contributed by atoms with Crippen molar-refractivity contribution >= 4 is 12.0 Å². The van der Waals surface area contributed by atoms with E-state index in [1.54, 1.807) is 30.3 Å². The number of rotatable bonds is 5. The van der Waals surface area contributed by atoms with Crippen LogP contribution in [0.4, 0.5) is 0 Å². The summed E-state index contributed by atoms with van der Waals surface area (Å²) in [6.07, 6.45) is 6.48. The van der Waals surface area contributed by atoms with E-state index in [0.717, 1.165) is 24.8 Å². The molecular weight excluding hydrogens is 254 g/mol. The van der Waals surface area contributed by atoms with Crippen molar-refractivity contribution in [2.45, 2.75) is 19.3 Å². The smallest absolute Gasteiger partial charge is 0.244 e. The number of aliphatic hydroxyl groups excluding tert-OH is 1. The van der Waals surface area contributed by atoms with Crippen LogP contribution in [0.25, 0.3) is 6.08 Å². The Morgan fingerprint density at radius 1 is 1.25 bits per heavy atom. The van der Waals surface area contributed by atoms with E-state index in [9.17, 15) is 9.90 Å². The van der Waals surface area contributed by atoms with Crippen LogP contribution in [0.3, 0.4) is 0 Å². The molecule has 1 aromatic carbocycles. The van der Waals surface area contributed by atoms with E-state index < -0.39 is 0 Å². The molecule has 0 aromatic heterocycles. The van der Waals surface area contributed by atoms with Crippen molar-refractivity contribution in [1.82, 2.24) is 5.32 Å². The molecule has 108 valence electrons. The molecular formula is C16H21NO3. The highest BCUT2D eigenvalue weighted by molar-refractivity contribution is 5.91. The highest BCUT2D eigenvalue weighted by Crippen LogP contribution is 2.30. The van der Waals surface area contributed by atoms with E-state index in [-0.39, 0.29) is 18.3 Å². The maximum atomic E-state index is 11.7. The molecule has 1 aliphatic carbocycles. The van der Waals surface area contributed by atoms with Gasteiger partial charge in [-0.05, 0) is 48.4 Å². The lowest BCUT2D eigenvalue weighted by Gasteiger charge is -2.17. The zero-order valence-corrected chi connectivity index (χ0v) is 11.5. The van der Waals surface area contributed by atoms with Crippen molar-refractivity contribution in [3.63, 3.8) is 0 Å². The molecule has 1 amide bonds. The lowest BCUT2D eigenvalue weighted by atomic mass is 9.97. The molecule has 4 heteroatoms. The summed E-state index contributed by atoms with van der Waals surface area (Å²) in [6.45, 7) is 0.841. The fraction of sp³-hybridized carbons (Fsp3) is 0.438. The van der Waals surface area contributed by atoms with Crippen LogP contribution in [0.1, 0.15) is 24.8 Å². The Labute approximate surface area is 119 Å². The molecule has 0 bridgehead atoms. The average Bonchev–Trinajstić information content (AvgIpc) is 2.92. The van der Waals surface area contributed by atoms with E-state index >= 15 is 0 Å². The molecule has 2 atom stereocenters. The summed E-state index contributed by atoms with van der Waals surface area (Å²) in [5, 5.41) is 21.3. The predicted octanol–water partition coefficient (Wildman–Crippen LogP) is 1.93. The van der Waals surface area contributed by atoms with Crippen molar-refractivity contribution in [3.05, 3.63) is 35.9 Å².